The van der Waals surface area contributed by atoms with Crippen LogP contribution in [0.15, 0.2) is 0 Å². The van der Waals surface area contributed by atoms with Gasteiger partial charge < -0.3 is 10.6 Å². The van der Waals surface area contributed by atoms with Crippen LogP contribution < -0.4 is 10.6 Å². The molecule has 1 aliphatic heterocycles. The summed E-state index contributed by atoms with van der Waals surface area (Å²) in [7, 11) is 0. The van der Waals surface area contributed by atoms with Crippen LogP contribution in [0.5, 0.6) is 0 Å². The number of rotatable bonds is 2. The molecule has 0 radical (unpaired) electrons. The predicted molar refractivity (Wildman–Crippen MR) is 58.9 cm³/mol. The molecule has 2 N–H and O–H groups in total. The molecule has 0 aliphatic carbocycles. The lowest BCUT2D eigenvalue weighted by Crippen LogP contribution is -2.37. The minimum atomic E-state index is 0.0540. The van der Waals surface area contributed by atoms with E-state index in [1.54, 1.807) is 0 Å². The Morgan fingerprint density at radius 3 is 3.13 bits per heavy atom. The third-order valence-electron chi connectivity index (χ3n) is 2.43. The van der Waals surface area contributed by atoms with Gasteiger partial charge in [-0.3, -0.25) is 4.79 Å². The molecule has 1 amide bonds. The lowest BCUT2D eigenvalue weighted by Gasteiger charge is -2.21. The molecule has 0 bridgehead atoms. The molecule has 15 heavy (non-hydrogen) atoms. The van der Waals surface area contributed by atoms with Crippen molar-refractivity contribution in [2.24, 2.45) is 5.92 Å². The van der Waals surface area contributed by atoms with E-state index in [4.69, 9.17) is 0 Å². The highest BCUT2D eigenvalue weighted by Gasteiger charge is 2.21. The van der Waals surface area contributed by atoms with E-state index in [0.29, 0.717) is 11.0 Å². The molecular formula is C9H14N4OS. The van der Waals surface area contributed by atoms with Crippen molar-refractivity contribution in [1.29, 1.82) is 0 Å². The molecule has 1 aromatic heterocycles. The minimum Gasteiger partial charge on any atom is -0.316 e. The van der Waals surface area contributed by atoms with Crippen molar-refractivity contribution in [3.8, 4) is 0 Å². The Bertz CT molecular complexity index is 346. The number of hydrogen-bond donors (Lipinski definition) is 2. The van der Waals surface area contributed by atoms with Crippen LogP contribution in [0.25, 0.3) is 0 Å². The lowest BCUT2D eigenvalue weighted by molar-refractivity contribution is -0.120. The number of carbonyl (C=O) groups is 1. The number of aryl methyl sites for hydroxylation is 1. The lowest BCUT2D eigenvalue weighted by atomic mass is 9.99. The summed E-state index contributed by atoms with van der Waals surface area (Å²) in [6, 6.07) is 0. The highest BCUT2D eigenvalue weighted by Crippen LogP contribution is 2.15. The first kappa shape index (κ1) is 10.5. The second kappa shape index (κ2) is 4.67. The van der Waals surface area contributed by atoms with E-state index < -0.39 is 0 Å². The van der Waals surface area contributed by atoms with E-state index in [0.717, 1.165) is 25.9 Å². The molecule has 2 heterocycles. The van der Waals surface area contributed by atoms with Crippen molar-refractivity contribution in [2.75, 3.05) is 18.4 Å². The average molecular weight is 226 g/mol. The van der Waals surface area contributed by atoms with Crippen LogP contribution in [0.4, 0.5) is 5.13 Å². The van der Waals surface area contributed by atoms with Gasteiger partial charge in [0.05, 0.1) is 5.92 Å². The number of aromatic nitrogens is 2. The highest BCUT2D eigenvalue weighted by molar-refractivity contribution is 7.09. The van der Waals surface area contributed by atoms with Gasteiger partial charge in [-0.15, -0.1) is 0 Å². The van der Waals surface area contributed by atoms with Gasteiger partial charge in [-0.25, -0.2) is 4.98 Å². The zero-order valence-electron chi connectivity index (χ0n) is 8.62. The van der Waals surface area contributed by atoms with Crippen molar-refractivity contribution < 1.29 is 4.79 Å². The van der Waals surface area contributed by atoms with Crippen LogP contribution in [-0.4, -0.2) is 28.4 Å². The average Bonchev–Trinajstić information content (AvgIpc) is 2.65. The molecule has 1 aromatic rings. The van der Waals surface area contributed by atoms with Crippen LogP contribution in [0.1, 0.15) is 18.7 Å². The highest BCUT2D eigenvalue weighted by atomic mass is 32.1. The standard InChI is InChI=1S/C9H14N4OS/c1-6-11-9(15-13-6)12-8(14)7-3-2-4-10-5-7/h7,10H,2-5H2,1H3,(H,11,12,13,14)/t7-/m0/s1. The number of carbonyl (C=O) groups excluding carboxylic acids is 1. The smallest absolute Gasteiger partial charge is 0.230 e. The van der Waals surface area contributed by atoms with E-state index in [9.17, 15) is 4.79 Å². The third kappa shape index (κ3) is 2.73. The Morgan fingerprint density at radius 1 is 1.67 bits per heavy atom. The second-order valence-electron chi connectivity index (χ2n) is 3.68. The minimum absolute atomic E-state index is 0.0540. The first-order valence-electron chi connectivity index (χ1n) is 5.07. The largest absolute Gasteiger partial charge is 0.316 e. The summed E-state index contributed by atoms with van der Waals surface area (Å²) in [6.45, 7) is 3.60. The molecule has 1 fully saturated rings. The summed E-state index contributed by atoms with van der Waals surface area (Å²) >= 11 is 1.23. The SMILES string of the molecule is Cc1nsc(NC(=O)[C@H]2CCCNC2)n1. The van der Waals surface area contributed by atoms with Crippen molar-refractivity contribution >= 4 is 22.6 Å². The third-order valence-corrected chi connectivity index (χ3v) is 3.15. The number of nitrogens with zero attached hydrogens (tertiary/aromatic N) is 2. The number of amides is 1. The maximum Gasteiger partial charge on any atom is 0.230 e. The van der Waals surface area contributed by atoms with Gasteiger partial charge in [0.25, 0.3) is 0 Å². The van der Waals surface area contributed by atoms with Gasteiger partial charge in [-0.1, -0.05) is 0 Å². The van der Waals surface area contributed by atoms with E-state index >= 15 is 0 Å². The summed E-state index contributed by atoms with van der Waals surface area (Å²) in [5.41, 5.74) is 0. The number of hydrogen-bond acceptors (Lipinski definition) is 5. The van der Waals surface area contributed by atoms with E-state index in [-0.39, 0.29) is 11.8 Å². The van der Waals surface area contributed by atoms with Gasteiger partial charge in [0.2, 0.25) is 11.0 Å². The topological polar surface area (TPSA) is 66.9 Å². The van der Waals surface area contributed by atoms with Crippen LogP contribution in [-0.2, 0) is 4.79 Å². The number of piperidine rings is 1. The Hall–Kier alpha value is -1.01. The summed E-state index contributed by atoms with van der Waals surface area (Å²) in [4.78, 5) is 15.9. The summed E-state index contributed by atoms with van der Waals surface area (Å²) in [6.07, 6.45) is 2.02. The van der Waals surface area contributed by atoms with Crippen molar-refractivity contribution in [1.82, 2.24) is 14.7 Å². The normalized spacial score (nSPS) is 21.3. The molecule has 2 rings (SSSR count). The molecule has 0 aromatic carbocycles. The Morgan fingerprint density at radius 2 is 2.53 bits per heavy atom. The van der Waals surface area contributed by atoms with Crippen LogP contribution in [0, 0.1) is 12.8 Å². The molecule has 0 unspecified atom stereocenters. The van der Waals surface area contributed by atoms with Crippen LogP contribution in [0.3, 0.4) is 0 Å². The Labute approximate surface area is 92.5 Å². The Kier molecular flexibility index (Phi) is 3.27. The van der Waals surface area contributed by atoms with Gasteiger partial charge in [0.15, 0.2) is 0 Å². The monoisotopic (exact) mass is 226 g/mol. The molecule has 1 atom stereocenters. The summed E-state index contributed by atoms with van der Waals surface area (Å²) < 4.78 is 4.02. The van der Waals surface area contributed by atoms with Crippen LogP contribution >= 0.6 is 11.5 Å². The molecule has 1 saturated heterocycles. The van der Waals surface area contributed by atoms with Crippen molar-refractivity contribution in [2.45, 2.75) is 19.8 Å². The first-order chi connectivity index (χ1) is 7.25. The fraction of sp³-hybridized carbons (Fsp3) is 0.667. The molecule has 0 spiro atoms. The predicted octanol–water partition coefficient (Wildman–Crippen LogP) is 0.785. The van der Waals surface area contributed by atoms with Gasteiger partial charge in [-0.2, -0.15) is 4.37 Å². The molecule has 5 nitrogen and oxygen atoms in total. The summed E-state index contributed by atoms with van der Waals surface area (Å²) in [5, 5.41) is 6.61. The first-order valence-corrected chi connectivity index (χ1v) is 5.85. The molecule has 6 heteroatoms. The van der Waals surface area contributed by atoms with Gasteiger partial charge in [-0.05, 0) is 26.3 Å². The number of anilines is 1. The second-order valence-corrected chi connectivity index (χ2v) is 4.43. The maximum absolute atomic E-state index is 11.8. The molecule has 1 aliphatic rings. The van der Waals surface area contributed by atoms with E-state index in [1.165, 1.54) is 11.5 Å². The fourth-order valence-electron chi connectivity index (χ4n) is 1.63. The molecular weight excluding hydrogens is 212 g/mol. The van der Waals surface area contributed by atoms with Crippen LogP contribution in [0.2, 0.25) is 0 Å². The van der Waals surface area contributed by atoms with Gasteiger partial charge >= 0.3 is 0 Å². The quantitative estimate of drug-likeness (QED) is 0.782. The molecule has 82 valence electrons. The van der Waals surface area contributed by atoms with Crippen molar-refractivity contribution in [3.63, 3.8) is 0 Å². The van der Waals surface area contributed by atoms with Gasteiger partial charge in [0, 0.05) is 18.1 Å². The zero-order valence-corrected chi connectivity index (χ0v) is 9.43. The van der Waals surface area contributed by atoms with Gasteiger partial charge in [0.1, 0.15) is 5.82 Å². The Balaban J connectivity index is 1.91. The van der Waals surface area contributed by atoms with E-state index in [1.807, 2.05) is 6.92 Å². The van der Waals surface area contributed by atoms with Crippen molar-refractivity contribution in [3.05, 3.63) is 5.82 Å². The maximum atomic E-state index is 11.8. The number of nitrogens with one attached hydrogen (secondary N) is 2. The molecule has 0 saturated carbocycles. The summed E-state index contributed by atoms with van der Waals surface area (Å²) in [5.74, 6) is 0.832. The van der Waals surface area contributed by atoms with E-state index in [2.05, 4.69) is 20.0 Å². The fourth-order valence-corrected chi connectivity index (χ4v) is 2.21. The zero-order chi connectivity index (χ0) is 10.7.